The normalized spacial score (nSPS) is 17.7. The molecular weight excluding hydrogens is 428 g/mol. The number of hydrogen-bond donors (Lipinski definition) is 4. The van der Waals surface area contributed by atoms with Crippen LogP contribution in [0.1, 0.15) is 52.7 Å². The largest absolute Gasteiger partial charge is 0.507 e. The van der Waals surface area contributed by atoms with Gasteiger partial charge in [-0.2, -0.15) is 0 Å². The highest BCUT2D eigenvalue weighted by Gasteiger charge is 2.50. The SMILES string of the molecule is COc1c(O)cc(CC(O)C(C)(C)O)c2c(=O)c3c(O)cc4c(c3oc12)C(C)(C)C(C)(C)O4. The van der Waals surface area contributed by atoms with Gasteiger partial charge in [0.15, 0.2) is 11.3 Å². The van der Waals surface area contributed by atoms with Gasteiger partial charge >= 0.3 is 0 Å². The molecule has 4 N–H and O–H groups in total. The van der Waals surface area contributed by atoms with Gasteiger partial charge in [-0.3, -0.25) is 4.79 Å². The number of methoxy groups -OCH3 is 1. The van der Waals surface area contributed by atoms with Gasteiger partial charge in [-0.1, -0.05) is 13.8 Å². The second kappa shape index (κ2) is 7.01. The first-order valence-electron chi connectivity index (χ1n) is 10.8. The summed E-state index contributed by atoms with van der Waals surface area (Å²) in [5.41, 5.74) is -2.20. The summed E-state index contributed by atoms with van der Waals surface area (Å²) >= 11 is 0. The summed E-state index contributed by atoms with van der Waals surface area (Å²) in [6.07, 6.45) is -1.37. The van der Waals surface area contributed by atoms with E-state index in [0.29, 0.717) is 11.3 Å². The maximum Gasteiger partial charge on any atom is 0.204 e. The van der Waals surface area contributed by atoms with Crippen molar-refractivity contribution in [2.45, 2.75) is 70.7 Å². The monoisotopic (exact) mass is 458 g/mol. The lowest BCUT2D eigenvalue weighted by Crippen LogP contribution is -2.42. The molecule has 1 aromatic heterocycles. The lowest BCUT2D eigenvalue weighted by atomic mass is 9.73. The second-order valence-corrected chi connectivity index (χ2v) is 10.3. The van der Waals surface area contributed by atoms with Gasteiger partial charge in [-0.25, -0.2) is 0 Å². The van der Waals surface area contributed by atoms with Crippen molar-refractivity contribution in [3.63, 3.8) is 0 Å². The highest BCUT2D eigenvalue weighted by molar-refractivity contribution is 6.00. The van der Waals surface area contributed by atoms with Gasteiger partial charge in [-0.05, 0) is 39.3 Å². The van der Waals surface area contributed by atoms with Gasteiger partial charge in [0.1, 0.15) is 28.1 Å². The molecule has 0 spiro atoms. The predicted octanol–water partition coefficient (Wildman–Crippen LogP) is 3.49. The van der Waals surface area contributed by atoms with Crippen molar-refractivity contribution < 1.29 is 34.3 Å². The lowest BCUT2D eigenvalue weighted by Gasteiger charge is -2.33. The summed E-state index contributed by atoms with van der Waals surface area (Å²) in [6.45, 7) is 10.6. The van der Waals surface area contributed by atoms with Crippen LogP contribution < -0.4 is 14.9 Å². The number of aliphatic hydroxyl groups is 2. The molecule has 178 valence electrons. The molecule has 3 aromatic rings. The van der Waals surface area contributed by atoms with Gasteiger partial charge in [0.2, 0.25) is 11.2 Å². The molecule has 0 fully saturated rings. The first-order chi connectivity index (χ1) is 15.1. The van der Waals surface area contributed by atoms with E-state index in [2.05, 4.69) is 0 Å². The molecule has 1 aliphatic heterocycles. The Labute approximate surface area is 191 Å². The first kappa shape index (κ1) is 23.2. The summed E-state index contributed by atoms with van der Waals surface area (Å²) in [4.78, 5) is 13.8. The molecule has 8 heteroatoms. The highest BCUT2D eigenvalue weighted by Crippen LogP contribution is 2.54. The Morgan fingerprint density at radius 3 is 2.27 bits per heavy atom. The average Bonchev–Trinajstić information content (AvgIpc) is 2.84. The van der Waals surface area contributed by atoms with E-state index in [1.165, 1.54) is 33.1 Å². The summed E-state index contributed by atoms with van der Waals surface area (Å²) < 4.78 is 17.6. The van der Waals surface area contributed by atoms with Crippen molar-refractivity contribution >= 4 is 21.9 Å². The molecule has 33 heavy (non-hydrogen) atoms. The van der Waals surface area contributed by atoms with Crippen LogP contribution in [0, 0.1) is 0 Å². The number of hydrogen-bond acceptors (Lipinski definition) is 8. The summed E-state index contributed by atoms with van der Waals surface area (Å²) in [5.74, 6) is -0.208. The van der Waals surface area contributed by atoms with Gasteiger partial charge in [0.05, 0.1) is 24.2 Å². The van der Waals surface area contributed by atoms with Crippen molar-refractivity contribution in [1.82, 2.24) is 0 Å². The standard InChI is InChI=1S/C25H30O8/c1-23(2)18-14(33-25(23,5)6)10-12(26)17-19(29)16-11(9-15(28)24(3,4)30)8-13(27)20(31-7)22(16)32-21(17)18/h8,10,15,26-28,30H,9H2,1-7H3. The van der Waals surface area contributed by atoms with Crippen molar-refractivity contribution in [3.05, 3.63) is 33.5 Å². The van der Waals surface area contributed by atoms with Crippen LogP contribution in [0.4, 0.5) is 0 Å². The van der Waals surface area contributed by atoms with E-state index in [1.807, 2.05) is 27.7 Å². The van der Waals surface area contributed by atoms with Crippen LogP contribution in [0.2, 0.25) is 0 Å². The van der Waals surface area contributed by atoms with Crippen LogP contribution in [-0.4, -0.2) is 44.8 Å². The smallest absolute Gasteiger partial charge is 0.204 e. The zero-order chi connectivity index (χ0) is 24.7. The maximum atomic E-state index is 13.8. The molecule has 0 amide bonds. The fourth-order valence-electron chi connectivity index (χ4n) is 4.39. The third kappa shape index (κ3) is 3.23. The lowest BCUT2D eigenvalue weighted by molar-refractivity contribution is -0.0468. The zero-order valence-corrected chi connectivity index (χ0v) is 19.9. The van der Waals surface area contributed by atoms with Crippen LogP contribution in [0.5, 0.6) is 23.0 Å². The van der Waals surface area contributed by atoms with Crippen molar-refractivity contribution in [2.24, 2.45) is 0 Å². The van der Waals surface area contributed by atoms with Crippen molar-refractivity contribution in [2.75, 3.05) is 7.11 Å². The minimum Gasteiger partial charge on any atom is -0.507 e. The van der Waals surface area contributed by atoms with E-state index in [0.717, 1.165) is 0 Å². The number of benzene rings is 2. The number of rotatable bonds is 4. The van der Waals surface area contributed by atoms with E-state index in [1.54, 1.807) is 0 Å². The topological polar surface area (TPSA) is 130 Å². The van der Waals surface area contributed by atoms with E-state index in [-0.39, 0.29) is 51.2 Å². The molecule has 8 nitrogen and oxygen atoms in total. The number of fused-ring (bicyclic) bond motifs is 4. The average molecular weight is 459 g/mol. The van der Waals surface area contributed by atoms with E-state index in [4.69, 9.17) is 13.9 Å². The zero-order valence-electron chi connectivity index (χ0n) is 19.9. The van der Waals surface area contributed by atoms with Gasteiger partial charge in [-0.15, -0.1) is 0 Å². The fourth-order valence-corrected chi connectivity index (χ4v) is 4.39. The maximum absolute atomic E-state index is 13.8. The van der Waals surface area contributed by atoms with E-state index in [9.17, 15) is 25.2 Å². The molecule has 2 heterocycles. The number of aromatic hydroxyl groups is 2. The highest BCUT2D eigenvalue weighted by atomic mass is 16.5. The van der Waals surface area contributed by atoms with Crippen LogP contribution in [0.15, 0.2) is 21.3 Å². The Morgan fingerprint density at radius 2 is 1.70 bits per heavy atom. The summed E-state index contributed by atoms with van der Waals surface area (Å²) in [7, 11) is 1.34. The van der Waals surface area contributed by atoms with E-state index < -0.39 is 28.1 Å². The summed E-state index contributed by atoms with van der Waals surface area (Å²) in [6, 6.07) is 2.72. The molecule has 4 rings (SSSR count). The Kier molecular flexibility index (Phi) is 4.93. The third-order valence-electron chi connectivity index (χ3n) is 7.11. The Bertz CT molecular complexity index is 1340. The Balaban J connectivity index is 2.17. The molecule has 0 radical (unpaired) electrons. The number of aliphatic hydroxyl groups excluding tert-OH is 1. The fraction of sp³-hybridized carbons (Fsp3) is 0.480. The van der Waals surface area contributed by atoms with Crippen LogP contribution in [-0.2, 0) is 11.8 Å². The Hall–Kier alpha value is -2.97. The quantitative estimate of drug-likeness (QED) is 0.437. The minimum absolute atomic E-state index is 0.0127. The van der Waals surface area contributed by atoms with Crippen LogP contribution in [0.3, 0.4) is 0 Å². The molecular formula is C25H30O8. The van der Waals surface area contributed by atoms with Gasteiger partial charge in [0.25, 0.3) is 0 Å². The third-order valence-corrected chi connectivity index (χ3v) is 7.11. The molecule has 1 unspecified atom stereocenters. The number of phenols is 2. The first-order valence-corrected chi connectivity index (χ1v) is 10.8. The van der Waals surface area contributed by atoms with Crippen LogP contribution >= 0.6 is 0 Å². The molecule has 2 aromatic carbocycles. The molecule has 0 bridgehead atoms. The molecule has 0 saturated heterocycles. The predicted molar refractivity (Wildman–Crippen MR) is 124 cm³/mol. The molecule has 0 saturated carbocycles. The van der Waals surface area contributed by atoms with Crippen molar-refractivity contribution in [3.8, 4) is 23.0 Å². The number of ether oxygens (including phenoxy) is 2. The number of phenolic OH excluding ortho intramolecular Hbond substituents is 2. The van der Waals surface area contributed by atoms with Gasteiger partial charge in [0, 0.05) is 23.5 Å². The second-order valence-electron chi connectivity index (χ2n) is 10.3. The Morgan fingerprint density at radius 1 is 1.06 bits per heavy atom. The van der Waals surface area contributed by atoms with Crippen molar-refractivity contribution in [1.29, 1.82) is 0 Å². The summed E-state index contributed by atoms with van der Waals surface area (Å²) in [5, 5.41) is 42.1. The molecule has 1 aliphatic rings. The van der Waals surface area contributed by atoms with E-state index >= 15 is 0 Å². The van der Waals surface area contributed by atoms with Crippen LogP contribution in [0.25, 0.3) is 21.9 Å². The molecule has 1 atom stereocenters. The molecule has 0 aliphatic carbocycles. The minimum atomic E-state index is -1.45. The van der Waals surface area contributed by atoms with Gasteiger partial charge < -0.3 is 34.3 Å².